The van der Waals surface area contributed by atoms with Gasteiger partial charge in [0.05, 0.1) is 18.4 Å². The fourth-order valence-corrected chi connectivity index (χ4v) is 1.96. The zero-order valence-corrected chi connectivity index (χ0v) is 12.0. The Hall–Kier alpha value is -2.54. The van der Waals surface area contributed by atoms with Gasteiger partial charge in [-0.05, 0) is 24.6 Å². The first-order valence-electron chi connectivity index (χ1n) is 6.41. The SMILES string of the molecule is COc1ccc(CNCc2cc(C)on2)cc1C(N)=NO. The Kier molecular flexibility index (Phi) is 4.78. The lowest BCUT2D eigenvalue weighted by Crippen LogP contribution is -2.17. The molecule has 7 heteroatoms. The van der Waals surface area contributed by atoms with Crippen molar-refractivity contribution in [3.05, 3.63) is 46.8 Å². The van der Waals surface area contributed by atoms with Crippen molar-refractivity contribution in [2.24, 2.45) is 10.9 Å². The van der Waals surface area contributed by atoms with Crippen molar-refractivity contribution >= 4 is 5.84 Å². The molecule has 2 aromatic rings. The van der Waals surface area contributed by atoms with Crippen LogP contribution in [-0.2, 0) is 13.1 Å². The predicted octanol–water partition coefficient (Wildman–Crippen LogP) is 1.38. The van der Waals surface area contributed by atoms with E-state index in [2.05, 4.69) is 15.6 Å². The van der Waals surface area contributed by atoms with Crippen LogP contribution < -0.4 is 15.8 Å². The fraction of sp³-hybridized carbons (Fsp3) is 0.286. The van der Waals surface area contributed by atoms with Crippen LogP contribution in [0.2, 0.25) is 0 Å². The summed E-state index contributed by atoms with van der Waals surface area (Å²) in [6.07, 6.45) is 0. The molecule has 4 N–H and O–H groups in total. The number of oxime groups is 1. The summed E-state index contributed by atoms with van der Waals surface area (Å²) in [5, 5.41) is 19.0. The summed E-state index contributed by atoms with van der Waals surface area (Å²) < 4.78 is 10.2. The normalized spacial score (nSPS) is 11.6. The van der Waals surface area contributed by atoms with Gasteiger partial charge >= 0.3 is 0 Å². The first kappa shape index (κ1) is 14.9. The van der Waals surface area contributed by atoms with Crippen LogP contribution in [0.15, 0.2) is 33.9 Å². The van der Waals surface area contributed by atoms with Gasteiger partial charge in [0.25, 0.3) is 0 Å². The molecule has 0 fully saturated rings. The van der Waals surface area contributed by atoms with Crippen LogP contribution in [0.1, 0.15) is 22.6 Å². The van der Waals surface area contributed by atoms with E-state index in [9.17, 15) is 0 Å². The average Bonchev–Trinajstić information content (AvgIpc) is 2.91. The molecule has 0 saturated carbocycles. The maximum atomic E-state index is 8.80. The number of rotatable bonds is 6. The molecule has 1 aromatic carbocycles. The Morgan fingerprint density at radius 1 is 1.43 bits per heavy atom. The van der Waals surface area contributed by atoms with Gasteiger partial charge in [-0.3, -0.25) is 0 Å². The molecule has 0 saturated heterocycles. The number of nitrogens with one attached hydrogen (secondary N) is 1. The van der Waals surface area contributed by atoms with Crippen LogP contribution in [0.5, 0.6) is 5.75 Å². The highest BCUT2D eigenvalue weighted by molar-refractivity contribution is 5.99. The quantitative estimate of drug-likeness (QED) is 0.321. The second-order valence-electron chi connectivity index (χ2n) is 4.55. The molecule has 2 rings (SSSR count). The number of hydrogen-bond acceptors (Lipinski definition) is 6. The molecule has 0 spiro atoms. The van der Waals surface area contributed by atoms with Gasteiger partial charge in [-0.2, -0.15) is 0 Å². The molecule has 7 nitrogen and oxygen atoms in total. The monoisotopic (exact) mass is 290 g/mol. The molecule has 0 aliphatic heterocycles. The molecule has 0 amide bonds. The third-order valence-electron chi connectivity index (χ3n) is 2.96. The molecule has 0 aliphatic carbocycles. The highest BCUT2D eigenvalue weighted by Gasteiger charge is 2.09. The highest BCUT2D eigenvalue weighted by atomic mass is 16.5. The summed E-state index contributed by atoms with van der Waals surface area (Å²) in [5.41, 5.74) is 8.02. The van der Waals surface area contributed by atoms with Crippen molar-refractivity contribution < 1.29 is 14.5 Å². The van der Waals surface area contributed by atoms with E-state index in [4.69, 9.17) is 20.2 Å². The predicted molar refractivity (Wildman–Crippen MR) is 77.3 cm³/mol. The number of aromatic nitrogens is 1. The lowest BCUT2D eigenvalue weighted by atomic mass is 10.1. The van der Waals surface area contributed by atoms with Gasteiger partial charge in [-0.1, -0.05) is 16.4 Å². The Labute approximate surface area is 122 Å². The first-order chi connectivity index (χ1) is 10.1. The van der Waals surface area contributed by atoms with E-state index in [0.717, 1.165) is 17.0 Å². The maximum Gasteiger partial charge on any atom is 0.173 e. The van der Waals surface area contributed by atoms with Crippen LogP contribution in [-0.4, -0.2) is 23.3 Å². The van der Waals surface area contributed by atoms with Gasteiger partial charge < -0.3 is 25.5 Å². The number of methoxy groups -OCH3 is 1. The van der Waals surface area contributed by atoms with Crippen molar-refractivity contribution in [2.45, 2.75) is 20.0 Å². The maximum absolute atomic E-state index is 8.80. The molecular weight excluding hydrogens is 272 g/mol. The highest BCUT2D eigenvalue weighted by Crippen LogP contribution is 2.19. The minimum absolute atomic E-state index is 0.0147. The summed E-state index contributed by atoms with van der Waals surface area (Å²) in [4.78, 5) is 0. The van der Waals surface area contributed by atoms with E-state index in [-0.39, 0.29) is 5.84 Å². The smallest absolute Gasteiger partial charge is 0.173 e. The van der Waals surface area contributed by atoms with Crippen molar-refractivity contribution in [1.29, 1.82) is 0 Å². The minimum atomic E-state index is 0.0147. The minimum Gasteiger partial charge on any atom is -0.496 e. The summed E-state index contributed by atoms with van der Waals surface area (Å²) in [7, 11) is 1.54. The van der Waals surface area contributed by atoms with Gasteiger partial charge in [0, 0.05) is 19.2 Å². The van der Waals surface area contributed by atoms with E-state index in [1.807, 2.05) is 25.1 Å². The molecule has 1 aromatic heterocycles. The fourth-order valence-electron chi connectivity index (χ4n) is 1.96. The molecule has 0 radical (unpaired) electrons. The van der Waals surface area contributed by atoms with Crippen molar-refractivity contribution in [2.75, 3.05) is 7.11 Å². The molecule has 1 heterocycles. The van der Waals surface area contributed by atoms with Crippen LogP contribution >= 0.6 is 0 Å². The van der Waals surface area contributed by atoms with Crippen molar-refractivity contribution in [3.8, 4) is 5.75 Å². The molecular formula is C14H18N4O3. The lowest BCUT2D eigenvalue weighted by molar-refractivity contribution is 0.318. The standard InChI is InChI=1S/C14H18N4O3/c1-9-5-11(18-21-9)8-16-7-10-3-4-13(20-2)12(6-10)14(15)17-19/h3-6,16,19H,7-8H2,1-2H3,(H2,15,17). The van der Waals surface area contributed by atoms with Crippen LogP contribution in [0.4, 0.5) is 0 Å². The topological polar surface area (TPSA) is 106 Å². The van der Waals surface area contributed by atoms with Gasteiger partial charge in [-0.25, -0.2) is 0 Å². The second kappa shape index (κ2) is 6.76. The number of ether oxygens (including phenoxy) is 1. The molecule has 0 aliphatic rings. The van der Waals surface area contributed by atoms with Gasteiger partial charge in [0.1, 0.15) is 11.5 Å². The van der Waals surface area contributed by atoms with Crippen molar-refractivity contribution in [3.63, 3.8) is 0 Å². The van der Waals surface area contributed by atoms with E-state index >= 15 is 0 Å². The molecule has 112 valence electrons. The summed E-state index contributed by atoms with van der Waals surface area (Å²) in [6.45, 7) is 3.06. The molecule has 21 heavy (non-hydrogen) atoms. The Morgan fingerprint density at radius 3 is 2.86 bits per heavy atom. The van der Waals surface area contributed by atoms with Crippen LogP contribution in [0, 0.1) is 6.92 Å². The number of aryl methyl sites for hydroxylation is 1. The largest absolute Gasteiger partial charge is 0.496 e. The zero-order chi connectivity index (χ0) is 15.2. The molecule has 0 unspecified atom stereocenters. The number of nitrogens with zero attached hydrogens (tertiary/aromatic N) is 2. The third-order valence-corrected chi connectivity index (χ3v) is 2.96. The third kappa shape index (κ3) is 3.73. The summed E-state index contributed by atoms with van der Waals surface area (Å²) >= 11 is 0. The summed E-state index contributed by atoms with van der Waals surface area (Å²) in [5.74, 6) is 1.35. The van der Waals surface area contributed by atoms with Crippen molar-refractivity contribution in [1.82, 2.24) is 10.5 Å². The Bertz CT molecular complexity index is 637. The Balaban J connectivity index is 2.03. The number of amidine groups is 1. The van der Waals surface area contributed by atoms with Gasteiger partial charge in [-0.15, -0.1) is 0 Å². The number of nitrogens with two attached hydrogens (primary N) is 1. The van der Waals surface area contributed by atoms with E-state index in [1.54, 1.807) is 6.07 Å². The zero-order valence-electron chi connectivity index (χ0n) is 12.0. The van der Waals surface area contributed by atoms with E-state index < -0.39 is 0 Å². The lowest BCUT2D eigenvalue weighted by Gasteiger charge is -2.10. The average molecular weight is 290 g/mol. The number of benzene rings is 1. The molecule has 0 bridgehead atoms. The van der Waals surface area contributed by atoms with Crippen LogP contribution in [0.3, 0.4) is 0 Å². The van der Waals surface area contributed by atoms with Crippen LogP contribution in [0.25, 0.3) is 0 Å². The van der Waals surface area contributed by atoms with Gasteiger partial charge in [0.2, 0.25) is 0 Å². The number of hydrogen-bond donors (Lipinski definition) is 3. The summed E-state index contributed by atoms with van der Waals surface area (Å²) in [6, 6.07) is 7.39. The second-order valence-corrected chi connectivity index (χ2v) is 4.55. The van der Waals surface area contributed by atoms with Gasteiger partial charge in [0.15, 0.2) is 5.84 Å². The van der Waals surface area contributed by atoms with E-state index in [1.165, 1.54) is 7.11 Å². The first-order valence-corrected chi connectivity index (χ1v) is 6.41. The van der Waals surface area contributed by atoms with E-state index in [0.29, 0.717) is 24.4 Å². The molecule has 0 atom stereocenters. The Morgan fingerprint density at radius 2 is 2.24 bits per heavy atom.